The van der Waals surface area contributed by atoms with Crippen molar-refractivity contribution in [3.63, 3.8) is 0 Å². The van der Waals surface area contributed by atoms with E-state index in [4.69, 9.17) is 4.42 Å². The van der Waals surface area contributed by atoms with Gasteiger partial charge >= 0.3 is 11.8 Å². The molecule has 1 N–H and O–H groups in total. The van der Waals surface area contributed by atoms with Crippen molar-refractivity contribution in [2.24, 2.45) is 0 Å². The fourth-order valence-electron chi connectivity index (χ4n) is 3.00. The van der Waals surface area contributed by atoms with E-state index in [0.29, 0.717) is 37.5 Å². The summed E-state index contributed by atoms with van der Waals surface area (Å²) in [4.78, 5) is 39.7. The Morgan fingerprint density at radius 2 is 1.69 bits per heavy atom. The van der Waals surface area contributed by atoms with Crippen LogP contribution in [0.15, 0.2) is 28.7 Å². The van der Waals surface area contributed by atoms with Crippen LogP contribution in [0.3, 0.4) is 0 Å². The molecular formula is C19H23N3O4. The van der Waals surface area contributed by atoms with Crippen molar-refractivity contribution in [1.82, 2.24) is 15.1 Å². The Hall–Kier alpha value is -2.83. The van der Waals surface area contributed by atoms with Crippen LogP contribution in [0.2, 0.25) is 0 Å². The van der Waals surface area contributed by atoms with Crippen molar-refractivity contribution >= 4 is 28.7 Å². The Labute approximate surface area is 151 Å². The molecule has 3 rings (SSSR count). The number of aryl methyl sites for hydroxylation is 1. The van der Waals surface area contributed by atoms with Gasteiger partial charge in [0.15, 0.2) is 5.76 Å². The monoisotopic (exact) mass is 357 g/mol. The minimum absolute atomic E-state index is 0.0916. The van der Waals surface area contributed by atoms with Gasteiger partial charge in [0, 0.05) is 37.6 Å². The van der Waals surface area contributed by atoms with Gasteiger partial charge in [-0.25, -0.2) is 0 Å². The lowest BCUT2D eigenvalue weighted by Gasteiger charge is -2.34. The van der Waals surface area contributed by atoms with E-state index in [-0.39, 0.29) is 11.9 Å². The third-order valence-electron chi connectivity index (χ3n) is 4.35. The Kier molecular flexibility index (Phi) is 4.97. The maximum Gasteiger partial charge on any atom is 0.312 e. The predicted octanol–water partition coefficient (Wildman–Crippen LogP) is 1.55. The van der Waals surface area contributed by atoms with Gasteiger partial charge in [-0.1, -0.05) is 11.6 Å². The lowest BCUT2D eigenvalue weighted by Crippen LogP contribution is -2.54. The molecular weight excluding hydrogens is 334 g/mol. The molecule has 3 amide bonds. The molecule has 0 radical (unpaired) electrons. The highest BCUT2D eigenvalue weighted by Crippen LogP contribution is 2.22. The van der Waals surface area contributed by atoms with E-state index in [9.17, 15) is 14.4 Å². The zero-order chi connectivity index (χ0) is 18.8. The summed E-state index contributed by atoms with van der Waals surface area (Å²) in [5.74, 6) is -1.06. The third kappa shape index (κ3) is 3.71. The third-order valence-corrected chi connectivity index (χ3v) is 4.35. The second-order valence-electron chi connectivity index (χ2n) is 6.86. The van der Waals surface area contributed by atoms with E-state index < -0.39 is 11.8 Å². The molecule has 7 heteroatoms. The summed E-state index contributed by atoms with van der Waals surface area (Å²) in [5, 5.41) is 3.49. The van der Waals surface area contributed by atoms with Gasteiger partial charge in [0.2, 0.25) is 0 Å². The number of carbonyl (C=O) groups excluding carboxylic acids is 3. The first-order valence-electron chi connectivity index (χ1n) is 8.74. The number of piperazine rings is 1. The summed E-state index contributed by atoms with van der Waals surface area (Å²) >= 11 is 0. The number of rotatable bonds is 2. The number of hydrogen-bond donors (Lipinski definition) is 1. The van der Waals surface area contributed by atoms with Gasteiger partial charge in [-0.2, -0.15) is 0 Å². The van der Waals surface area contributed by atoms with Crippen LogP contribution in [0.25, 0.3) is 11.0 Å². The van der Waals surface area contributed by atoms with Gasteiger partial charge in [-0.05, 0) is 39.0 Å². The zero-order valence-electron chi connectivity index (χ0n) is 15.2. The summed E-state index contributed by atoms with van der Waals surface area (Å²) in [7, 11) is 0. The molecule has 0 unspecified atom stereocenters. The largest absolute Gasteiger partial charge is 0.451 e. The van der Waals surface area contributed by atoms with E-state index in [0.717, 1.165) is 10.9 Å². The van der Waals surface area contributed by atoms with Crippen LogP contribution < -0.4 is 5.32 Å². The lowest BCUT2D eigenvalue weighted by atomic mass is 10.2. The van der Waals surface area contributed by atoms with Gasteiger partial charge in [0.25, 0.3) is 5.91 Å². The lowest BCUT2D eigenvalue weighted by molar-refractivity contribution is -0.147. The van der Waals surface area contributed by atoms with E-state index in [1.54, 1.807) is 24.8 Å². The van der Waals surface area contributed by atoms with Crippen molar-refractivity contribution in [2.75, 3.05) is 26.2 Å². The van der Waals surface area contributed by atoms with Gasteiger partial charge in [0.1, 0.15) is 5.58 Å². The molecule has 138 valence electrons. The maximum atomic E-state index is 12.7. The summed E-state index contributed by atoms with van der Waals surface area (Å²) in [6.45, 7) is 6.99. The average molecular weight is 357 g/mol. The maximum absolute atomic E-state index is 12.7. The topological polar surface area (TPSA) is 82.9 Å². The van der Waals surface area contributed by atoms with Gasteiger partial charge in [-0.3, -0.25) is 14.4 Å². The van der Waals surface area contributed by atoms with Crippen LogP contribution >= 0.6 is 0 Å². The van der Waals surface area contributed by atoms with Crippen LogP contribution in [0, 0.1) is 6.92 Å². The van der Waals surface area contributed by atoms with E-state index in [2.05, 4.69) is 5.32 Å². The Morgan fingerprint density at radius 1 is 1.04 bits per heavy atom. The average Bonchev–Trinajstić information content (AvgIpc) is 3.03. The second kappa shape index (κ2) is 7.19. The van der Waals surface area contributed by atoms with E-state index in [1.165, 1.54) is 4.90 Å². The molecule has 7 nitrogen and oxygen atoms in total. The highest BCUT2D eigenvalue weighted by atomic mass is 16.3. The normalized spacial score (nSPS) is 14.8. The Balaban J connectivity index is 1.62. The summed E-state index contributed by atoms with van der Waals surface area (Å²) in [5.41, 5.74) is 1.78. The first-order valence-corrected chi connectivity index (χ1v) is 8.74. The van der Waals surface area contributed by atoms with Crippen LogP contribution in [0.4, 0.5) is 0 Å². The molecule has 26 heavy (non-hydrogen) atoms. The molecule has 2 heterocycles. The van der Waals surface area contributed by atoms with Gasteiger partial charge < -0.3 is 19.5 Å². The van der Waals surface area contributed by atoms with Crippen LogP contribution in [0.5, 0.6) is 0 Å². The molecule has 1 aliphatic rings. The molecule has 1 aliphatic heterocycles. The molecule has 1 fully saturated rings. The SMILES string of the molecule is Cc1ccc2oc(C(=O)N3CCN(C(=O)C(=O)NC(C)C)CC3)cc2c1. The second-order valence-corrected chi connectivity index (χ2v) is 6.86. The van der Waals surface area contributed by atoms with Gasteiger partial charge in [0.05, 0.1) is 0 Å². The van der Waals surface area contributed by atoms with Crippen molar-refractivity contribution in [1.29, 1.82) is 0 Å². The molecule has 1 aromatic carbocycles. The summed E-state index contributed by atoms with van der Waals surface area (Å²) in [6.07, 6.45) is 0. The number of furan rings is 1. The predicted molar refractivity (Wildman–Crippen MR) is 96.7 cm³/mol. The quantitative estimate of drug-likeness (QED) is 0.827. The number of nitrogens with zero attached hydrogens (tertiary/aromatic N) is 2. The number of fused-ring (bicyclic) bond motifs is 1. The van der Waals surface area contributed by atoms with Crippen LogP contribution in [-0.2, 0) is 9.59 Å². The van der Waals surface area contributed by atoms with Crippen molar-refractivity contribution in [3.8, 4) is 0 Å². The number of nitrogens with one attached hydrogen (secondary N) is 1. The molecule has 0 atom stereocenters. The summed E-state index contributed by atoms with van der Waals surface area (Å²) < 4.78 is 5.66. The molecule has 0 spiro atoms. The minimum Gasteiger partial charge on any atom is -0.451 e. The van der Waals surface area contributed by atoms with Crippen LogP contribution in [0.1, 0.15) is 30.0 Å². The fourth-order valence-corrected chi connectivity index (χ4v) is 3.00. The van der Waals surface area contributed by atoms with Crippen LogP contribution in [-0.4, -0.2) is 59.7 Å². The molecule has 1 saturated heterocycles. The number of amides is 3. The molecule has 0 aliphatic carbocycles. The first kappa shape index (κ1) is 18.0. The van der Waals surface area contributed by atoms with Gasteiger partial charge in [-0.15, -0.1) is 0 Å². The zero-order valence-corrected chi connectivity index (χ0v) is 15.2. The highest BCUT2D eigenvalue weighted by Gasteiger charge is 2.29. The van der Waals surface area contributed by atoms with Crippen molar-refractivity contribution in [3.05, 3.63) is 35.6 Å². The standard InChI is InChI=1S/C19H23N3O4/c1-12(2)20-17(23)19(25)22-8-6-21(7-9-22)18(24)16-11-14-10-13(3)4-5-15(14)26-16/h4-5,10-12H,6-9H2,1-3H3,(H,20,23). The number of benzene rings is 1. The smallest absolute Gasteiger partial charge is 0.312 e. The molecule has 1 aromatic heterocycles. The Bertz CT molecular complexity index is 848. The molecule has 0 bridgehead atoms. The first-order chi connectivity index (χ1) is 12.3. The Morgan fingerprint density at radius 3 is 2.35 bits per heavy atom. The van der Waals surface area contributed by atoms with Crippen molar-refractivity contribution < 1.29 is 18.8 Å². The number of carbonyl (C=O) groups is 3. The fraction of sp³-hybridized carbons (Fsp3) is 0.421. The molecule has 0 saturated carbocycles. The minimum atomic E-state index is -0.604. The highest BCUT2D eigenvalue weighted by molar-refractivity contribution is 6.35. The summed E-state index contributed by atoms with van der Waals surface area (Å²) in [6, 6.07) is 7.42. The molecule has 2 aromatic rings. The number of hydrogen-bond acceptors (Lipinski definition) is 4. The van der Waals surface area contributed by atoms with Crippen molar-refractivity contribution in [2.45, 2.75) is 26.8 Å². The van der Waals surface area contributed by atoms with E-state index >= 15 is 0 Å². The van der Waals surface area contributed by atoms with E-state index in [1.807, 2.05) is 25.1 Å².